The molecule has 1 amide bonds. The van der Waals surface area contributed by atoms with Gasteiger partial charge in [-0.05, 0) is 26.3 Å². The van der Waals surface area contributed by atoms with Crippen LogP contribution in [0.1, 0.15) is 43.2 Å². The number of nitriles is 1. The van der Waals surface area contributed by atoms with Crippen molar-refractivity contribution < 1.29 is 14.3 Å². The topological polar surface area (TPSA) is 92.1 Å². The summed E-state index contributed by atoms with van der Waals surface area (Å²) >= 11 is 2.40. The first kappa shape index (κ1) is 16.1. The van der Waals surface area contributed by atoms with Crippen LogP contribution in [-0.4, -0.2) is 23.5 Å². The molecule has 8 heteroatoms. The van der Waals surface area contributed by atoms with E-state index in [2.05, 4.69) is 10.3 Å². The zero-order valence-electron chi connectivity index (χ0n) is 12.2. The lowest BCUT2D eigenvalue weighted by molar-refractivity contribution is 0.0531. The minimum Gasteiger partial charge on any atom is -0.462 e. The fraction of sp³-hybridized carbons (Fsp3) is 0.286. The molecule has 0 aliphatic rings. The van der Waals surface area contributed by atoms with Crippen LogP contribution < -0.4 is 5.32 Å². The molecule has 2 aromatic rings. The molecule has 2 aromatic heterocycles. The van der Waals surface area contributed by atoms with Crippen molar-refractivity contribution in [3.8, 4) is 6.07 Å². The third-order valence-electron chi connectivity index (χ3n) is 2.80. The minimum atomic E-state index is -0.494. The Labute approximate surface area is 135 Å². The maximum atomic E-state index is 12.1. The molecule has 0 atom stereocenters. The monoisotopic (exact) mass is 335 g/mol. The summed E-state index contributed by atoms with van der Waals surface area (Å²) in [6.45, 7) is 5.41. The normalized spacial score (nSPS) is 10.1. The summed E-state index contributed by atoms with van der Waals surface area (Å²) in [6, 6.07) is 2.01. The number of hydrogen-bond donors (Lipinski definition) is 1. The SMILES string of the molecule is CCOC(=O)c1sc(NC(=O)c2csc(C)n2)c(C#N)c1C. The number of hydrogen-bond acceptors (Lipinski definition) is 7. The Bertz CT molecular complexity index is 771. The van der Waals surface area contributed by atoms with Crippen LogP contribution in [0, 0.1) is 25.2 Å². The molecule has 0 unspecified atom stereocenters. The lowest BCUT2D eigenvalue weighted by Crippen LogP contribution is -2.12. The van der Waals surface area contributed by atoms with E-state index in [0.717, 1.165) is 16.3 Å². The molecule has 0 spiro atoms. The second-order valence-corrected chi connectivity index (χ2v) is 6.38. The maximum absolute atomic E-state index is 12.1. The predicted molar refractivity (Wildman–Crippen MR) is 84.5 cm³/mol. The van der Waals surface area contributed by atoms with E-state index in [9.17, 15) is 14.9 Å². The van der Waals surface area contributed by atoms with Crippen molar-refractivity contribution in [1.82, 2.24) is 4.98 Å². The summed E-state index contributed by atoms with van der Waals surface area (Å²) < 4.78 is 4.95. The van der Waals surface area contributed by atoms with Gasteiger partial charge in [0.15, 0.2) is 0 Å². The fourth-order valence-electron chi connectivity index (χ4n) is 1.76. The van der Waals surface area contributed by atoms with E-state index in [4.69, 9.17) is 4.74 Å². The lowest BCUT2D eigenvalue weighted by atomic mass is 10.2. The Balaban J connectivity index is 2.31. The van der Waals surface area contributed by atoms with Crippen LogP contribution >= 0.6 is 22.7 Å². The Morgan fingerprint density at radius 1 is 1.45 bits per heavy atom. The summed E-state index contributed by atoms with van der Waals surface area (Å²) in [5.74, 6) is -0.899. The van der Waals surface area contributed by atoms with Crippen molar-refractivity contribution in [2.75, 3.05) is 11.9 Å². The van der Waals surface area contributed by atoms with E-state index in [0.29, 0.717) is 15.4 Å². The van der Waals surface area contributed by atoms with Gasteiger partial charge < -0.3 is 10.1 Å². The molecule has 0 aromatic carbocycles. The van der Waals surface area contributed by atoms with Crippen LogP contribution in [0.3, 0.4) is 0 Å². The zero-order valence-corrected chi connectivity index (χ0v) is 13.9. The van der Waals surface area contributed by atoms with E-state index in [1.54, 1.807) is 26.2 Å². The van der Waals surface area contributed by atoms with Gasteiger partial charge in [0.2, 0.25) is 0 Å². The van der Waals surface area contributed by atoms with Gasteiger partial charge in [0.05, 0.1) is 17.2 Å². The van der Waals surface area contributed by atoms with Crippen molar-refractivity contribution in [3.63, 3.8) is 0 Å². The van der Waals surface area contributed by atoms with Gasteiger partial charge in [-0.2, -0.15) is 5.26 Å². The van der Waals surface area contributed by atoms with E-state index in [1.807, 2.05) is 6.07 Å². The quantitative estimate of drug-likeness (QED) is 0.867. The van der Waals surface area contributed by atoms with Crippen LogP contribution in [-0.2, 0) is 4.74 Å². The van der Waals surface area contributed by atoms with Crippen molar-refractivity contribution in [1.29, 1.82) is 5.26 Å². The Hall–Kier alpha value is -2.24. The number of amides is 1. The number of nitrogens with one attached hydrogen (secondary N) is 1. The summed E-state index contributed by atoms with van der Waals surface area (Å²) in [5, 5.41) is 14.6. The molecule has 1 N–H and O–H groups in total. The molecular weight excluding hydrogens is 322 g/mol. The number of ether oxygens (including phenoxy) is 1. The average molecular weight is 335 g/mol. The third kappa shape index (κ3) is 3.16. The Morgan fingerprint density at radius 3 is 2.73 bits per heavy atom. The number of thiophene rings is 1. The summed E-state index contributed by atoms with van der Waals surface area (Å²) in [4.78, 5) is 28.4. The van der Waals surface area contributed by atoms with E-state index < -0.39 is 11.9 Å². The number of rotatable bonds is 4. The molecule has 0 fully saturated rings. The minimum absolute atomic E-state index is 0.248. The highest BCUT2D eigenvalue weighted by molar-refractivity contribution is 7.18. The average Bonchev–Trinajstić information content (AvgIpc) is 3.03. The smallest absolute Gasteiger partial charge is 0.348 e. The van der Waals surface area contributed by atoms with Crippen molar-refractivity contribution in [3.05, 3.63) is 32.1 Å². The number of thiazole rings is 1. The number of esters is 1. The molecule has 0 bridgehead atoms. The van der Waals surface area contributed by atoms with Crippen LogP contribution in [0.15, 0.2) is 5.38 Å². The highest BCUT2D eigenvalue weighted by Gasteiger charge is 2.23. The van der Waals surface area contributed by atoms with Gasteiger partial charge in [-0.25, -0.2) is 9.78 Å². The molecule has 6 nitrogen and oxygen atoms in total. The first-order valence-corrected chi connectivity index (χ1v) is 8.11. The first-order valence-electron chi connectivity index (χ1n) is 6.42. The van der Waals surface area contributed by atoms with Gasteiger partial charge >= 0.3 is 5.97 Å². The molecular formula is C14H13N3O3S2. The van der Waals surface area contributed by atoms with Gasteiger partial charge in [0.25, 0.3) is 5.91 Å². The number of aromatic nitrogens is 1. The number of anilines is 1. The molecule has 22 heavy (non-hydrogen) atoms. The summed E-state index contributed by atoms with van der Waals surface area (Å²) in [6.07, 6.45) is 0. The van der Waals surface area contributed by atoms with E-state index in [-0.39, 0.29) is 17.9 Å². The summed E-state index contributed by atoms with van der Waals surface area (Å²) in [7, 11) is 0. The molecule has 2 heterocycles. The second kappa shape index (κ2) is 6.68. The molecule has 0 saturated heterocycles. The van der Waals surface area contributed by atoms with Crippen LogP contribution in [0.5, 0.6) is 0 Å². The molecule has 114 valence electrons. The molecule has 0 aliphatic carbocycles. The van der Waals surface area contributed by atoms with Crippen molar-refractivity contribution in [2.24, 2.45) is 0 Å². The summed E-state index contributed by atoms with van der Waals surface area (Å²) in [5.41, 5.74) is 1.07. The molecule has 2 rings (SSSR count). The van der Waals surface area contributed by atoms with Gasteiger partial charge in [0.1, 0.15) is 21.6 Å². The highest BCUT2D eigenvalue weighted by atomic mass is 32.1. The van der Waals surface area contributed by atoms with Gasteiger partial charge in [-0.15, -0.1) is 22.7 Å². The predicted octanol–water partition coefficient (Wildman–Crippen LogP) is 3.12. The molecule has 0 saturated carbocycles. The Kier molecular flexibility index (Phi) is 4.90. The largest absolute Gasteiger partial charge is 0.462 e. The van der Waals surface area contributed by atoms with Crippen LogP contribution in [0.4, 0.5) is 5.00 Å². The first-order chi connectivity index (χ1) is 10.5. The fourth-order valence-corrected chi connectivity index (χ4v) is 3.40. The molecule has 0 radical (unpaired) electrons. The van der Waals surface area contributed by atoms with Crippen LogP contribution in [0.2, 0.25) is 0 Å². The maximum Gasteiger partial charge on any atom is 0.348 e. The van der Waals surface area contributed by atoms with Gasteiger partial charge in [-0.3, -0.25) is 4.79 Å². The third-order valence-corrected chi connectivity index (χ3v) is 4.76. The number of nitrogens with zero attached hydrogens (tertiary/aromatic N) is 2. The van der Waals surface area contributed by atoms with Crippen molar-refractivity contribution >= 4 is 39.6 Å². The van der Waals surface area contributed by atoms with E-state index in [1.165, 1.54) is 11.3 Å². The second-order valence-electron chi connectivity index (χ2n) is 4.30. The highest BCUT2D eigenvalue weighted by Crippen LogP contribution is 2.33. The lowest BCUT2D eigenvalue weighted by Gasteiger charge is -2.00. The number of aryl methyl sites for hydroxylation is 1. The molecule has 0 aliphatic heterocycles. The van der Waals surface area contributed by atoms with E-state index >= 15 is 0 Å². The Morgan fingerprint density at radius 2 is 2.18 bits per heavy atom. The number of carbonyl (C=O) groups is 2. The van der Waals surface area contributed by atoms with Crippen LogP contribution in [0.25, 0.3) is 0 Å². The van der Waals surface area contributed by atoms with Gasteiger partial charge in [-0.1, -0.05) is 0 Å². The van der Waals surface area contributed by atoms with Gasteiger partial charge in [0, 0.05) is 5.38 Å². The zero-order chi connectivity index (χ0) is 16.3. The standard InChI is InChI=1S/C14H13N3O3S2/c1-4-20-14(19)11-7(2)9(5-15)13(22-11)17-12(18)10-6-21-8(3)16-10/h6H,4H2,1-3H3,(H,17,18). The van der Waals surface area contributed by atoms with Crippen molar-refractivity contribution in [2.45, 2.75) is 20.8 Å². The number of carbonyl (C=O) groups excluding carboxylic acids is 2.